The highest BCUT2D eigenvalue weighted by Gasteiger charge is 2.73. The number of hydrogen-bond acceptors (Lipinski definition) is 5. The SMILES string of the molecule is CCCCCOC(=O)c1ccc(NC(=O)[C@H](C(C)C)N2C(=O)[C@@H]3[C@H](C2=O)C2(Cl)c4ccccc4C3(Cl)c3ccccc32)cc1. The number of halogens is 2. The zero-order valence-electron chi connectivity index (χ0n) is 24.8. The number of likely N-dealkylation sites (tertiary alicyclic amines) is 1. The molecule has 3 aromatic rings. The Hall–Kier alpha value is -3.68. The predicted octanol–water partition coefficient (Wildman–Crippen LogP) is 6.59. The summed E-state index contributed by atoms with van der Waals surface area (Å²) >= 11 is 15.1. The van der Waals surface area contributed by atoms with Crippen LogP contribution in [-0.2, 0) is 28.9 Å². The lowest BCUT2D eigenvalue weighted by molar-refractivity contribution is -0.148. The van der Waals surface area contributed by atoms with Crippen LogP contribution >= 0.6 is 23.2 Å². The van der Waals surface area contributed by atoms with E-state index >= 15 is 0 Å². The lowest BCUT2D eigenvalue weighted by atomic mass is 9.54. The highest BCUT2D eigenvalue weighted by molar-refractivity contribution is 6.36. The smallest absolute Gasteiger partial charge is 0.338 e. The number of carbonyl (C=O) groups is 4. The van der Waals surface area contributed by atoms with Gasteiger partial charge >= 0.3 is 5.97 Å². The van der Waals surface area contributed by atoms with Gasteiger partial charge in [-0.05, 0) is 58.9 Å². The Morgan fingerprint density at radius 2 is 1.30 bits per heavy atom. The first-order valence-electron chi connectivity index (χ1n) is 15.1. The maximum absolute atomic E-state index is 14.4. The standard InChI is InChI=1S/C35H34Cl2N2O5/c1-4-5-10-19-44-33(43)21-15-17-22(18-16-21)38-30(40)29(20(2)3)39-31(41)27-28(32(39)42)35(37)24-12-7-6-11-23(24)34(27,36)25-13-8-9-14-26(25)35/h6-9,11-18,20,27-29H,4-5,10,19H2,1-3H3,(H,38,40)/t27-,28+,29-,34?,35?/m0/s1. The molecule has 7 rings (SSSR count). The Bertz CT molecular complexity index is 1530. The van der Waals surface area contributed by atoms with Crippen molar-refractivity contribution in [3.63, 3.8) is 0 Å². The molecule has 3 aromatic carbocycles. The molecule has 9 heteroatoms. The summed E-state index contributed by atoms with van der Waals surface area (Å²) in [7, 11) is 0. The molecule has 3 aliphatic carbocycles. The lowest BCUT2D eigenvalue weighted by Crippen LogP contribution is -2.57. The van der Waals surface area contributed by atoms with Crippen LogP contribution in [0, 0.1) is 17.8 Å². The van der Waals surface area contributed by atoms with Gasteiger partial charge in [0.05, 0.1) is 24.0 Å². The number of imide groups is 1. The number of benzene rings is 3. The van der Waals surface area contributed by atoms with Crippen molar-refractivity contribution in [1.82, 2.24) is 4.90 Å². The third kappa shape index (κ3) is 4.39. The Morgan fingerprint density at radius 1 is 0.818 bits per heavy atom. The third-order valence-corrected chi connectivity index (χ3v) is 10.5. The van der Waals surface area contributed by atoms with Gasteiger partial charge in [-0.3, -0.25) is 19.3 Å². The minimum absolute atomic E-state index is 0.352. The van der Waals surface area contributed by atoms with Crippen molar-refractivity contribution in [2.75, 3.05) is 11.9 Å². The van der Waals surface area contributed by atoms with Crippen molar-refractivity contribution in [1.29, 1.82) is 0 Å². The van der Waals surface area contributed by atoms with Crippen molar-refractivity contribution in [3.8, 4) is 0 Å². The van der Waals surface area contributed by atoms with Crippen LogP contribution in [0.4, 0.5) is 5.69 Å². The van der Waals surface area contributed by atoms with Gasteiger partial charge < -0.3 is 10.1 Å². The van der Waals surface area contributed by atoms with Gasteiger partial charge in [0.2, 0.25) is 17.7 Å². The van der Waals surface area contributed by atoms with Crippen LogP contribution in [0.15, 0.2) is 72.8 Å². The van der Waals surface area contributed by atoms with Crippen molar-refractivity contribution in [2.45, 2.75) is 55.8 Å². The number of rotatable bonds is 9. The summed E-state index contributed by atoms with van der Waals surface area (Å²) in [5.74, 6) is -4.38. The molecule has 228 valence electrons. The van der Waals surface area contributed by atoms with Crippen molar-refractivity contribution >= 4 is 52.6 Å². The molecule has 1 fully saturated rings. The Morgan fingerprint density at radius 3 is 1.73 bits per heavy atom. The molecule has 3 atom stereocenters. The molecular weight excluding hydrogens is 599 g/mol. The van der Waals surface area contributed by atoms with Gasteiger partial charge in [-0.1, -0.05) is 82.1 Å². The van der Waals surface area contributed by atoms with Gasteiger partial charge in [0.25, 0.3) is 0 Å². The second-order valence-electron chi connectivity index (χ2n) is 12.1. The summed E-state index contributed by atoms with van der Waals surface area (Å²) in [6.07, 6.45) is 2.81. The van der Waals surface area contributed by atoms with Crippen molar-refractivity contribution in [3.05, 3.63) is 101 Å². The second-order valence-corrected chi connectivity index (χ2v) is 13.3. The Labute approximate surface area is 266 Å². The molecule has 1 aliphatic heterocycles. The number of carbonyl (C=O) groups excluding carboxylic acids is 4. The Balaban J connectivity index is 1.30. The van der Waals surface area contributed by atoms with E-state index in [9.17, 15) is 19.2 Å². The first-order valence-corrected chi connectivity index (χ1v) is 15.8. The number of alkyl halides is 2. The van der Waals surface area contributed by atoms with Crippen LogP contribution in [0.1, 0.15) is 72.6 Å². The van der Waals surface area contributed by atoms with Crippen LogP contribution < -0.4 is 5.32 Å². The number of esters is 1. The first kappa shape index (κ1) is 30.4. The number of hydrogen-bond donors (Lipinski definition) is 1. The zero-order chi connectivity index (χ0) is 31.4. The summed E-state index contributed by atoms with van der Waals surface area (Å²) in [6.45, 7) is 6.00. The molecule has 1 saturated heterocycles. The number of unbranched alkanes of at least 4 members (excludes halogenated alkanes) is 2. The van der Waals surface area contributed by atoms with E-state index in [-0.39, 0.29) is 0 Å². The van der Waals surface area contributed by atoms with Gasteiger partial charge in [-0.2, -0.15) is 0 Å². The molecule has 7 nitrogen and oxygen atoms in total. The fourth-order valence-corrected chi connectivity index (χ4v) is 8.28. The van der Waals surface area contributed by atoms with Crippen molar-refractivity contribution in [2.24, 2.45) is 17.8 Å². The average molecular weight is 634 g/mol. The van der Waals surface area contributed by atoms with E-state index in [2.05, 4.69) is 12.2 Å². The molecule has 0 saturated carbocycles. The number of amides is 3. The van der Waals surface area contributed by atoms with Crippen molar-refractivity contribution < 1.29 is 23.9 Å². The van der Waals surface area contributed by atoms with Crippen LogP contribution in [-0.4, -0.2) is 41.2 Å². The van der Waals surface area contributed by atoms with Gasteiger partial charge in [-0.15, -0.1) is 23.2 Å². The zero-order valence-corrected chi connectivity index (χ0v) is 26.3. The molecule has 3 amide bonds. The molecule has 0 radical (unpaired) electrons. The van der Waals surface area contributed by atoms with E-state index < -0.39 is 57.2 Å². The number of anilines is 1. The van der Waals surface area contributed by atoms with E-state index in [1.807, 2.05) is 48.5 Å². The molecule has 0 aromatic heterocycles. The molecule has 4 aliphatic rings. The van der Waals surface area contributed by atoms with E-state index in [0.717, 1.165) is 24.2 Å². The molecule has 2 bridgehead atoms. The van der Waals surface area contributed by atoms with E-state index in [0.29, 0.717) is 40.1 Å². The van der Waals surface area contributed by atoms with Crippen LogP contribution in [0.2, 0.25) is 0 Å². The second kappa shape index (κ2) is 11.4. The average Bonchev–Trinajstić information content (AvgIpc) is 3.29. The summed E-state index contributed by atoms with van der Waals surface area (Å²) in [6, 6.07) is 20.1. The van der Waals surface area contributed by atoms with Gasteiger partial charge in [0.1, 0.15) is 15.8 Å². The largest absolute Gasteiger partial charge is 0.462 e. The van der Waals surface area contributed by atoms with Gasteiger partial charge in [0, 0.05) is 5.69 Å². The van der Waals surface area contributed by atoms with Gasteiger partial charge in [-0.25, -0.2) is 4.79 Å². The predicted molar refractivity (Wildman–Crippen MR) is 168 cm³/mol. The van der Waals surface area contributed by atoms with E-state index in [1.54, 1.807) is 38.1 Å². The maximum atomic E-state index is 14.4. The first-order chi connectivity index (χ1) is 21.1. The fraction of sp³-hybridized carbons (Fsp3) is 0.371. The fourth-order valence-electron chi connectivity index (χ4n) is 7.19. The maximum Gasteiger partial charge on any atom is 0.338 e. The molecule has 1 heterocycles. The number of ether oxygens (including phenoxy) is 1. The minimum Gasteiger partial charge on any atom is -0.462 e. The molecule has 44 heavy (non-hydrogen) atoms. The monoisotopic (exact) mass is 632 g/mol. The molecule has 0 unspecified atom stereocenters. The van der Waals surface area contributed by atoms with Gasteiger partial charge in [0.15, 0.2) is 0 Å². The van der Waals surface area contributed by atoms with Crippen LogP contribution in [0.5, 0.6) is 0 Å². The third-order valence-electron chi connectivity index (χ3n) is 9.17. The van der Waals surface area contributed by atoms with E-state index in [4.69, 9.17) is 27.9 Å². The van der Waals surface area contributed by atoms with Crippen LogP contribution in [0.3, 0.4) is 0 Å². The summed E-state index contributed by atoms with van der Waals surface area (Å²) in [5, 5.41) is 2.84. The highest BCUT2D eigenvalue weighted by Crippen LogP contribution is 2.69. The molecule has 0 spiro atoms. The Kier molecular flexibility index (Phi) is 7.83. The topological polar surface area (TPSA) is 92.8 Å². The summed E-state index contributed by atoms with van der Waals surface area (Å²) in [5.41, 5.74) is 3.59. The summed E-state index contributed by atoms with van der Waals surface area (Å²) in [4.78, 5) is 53.4. The van der Waals surface area contributed by atoms with E-state index in [1.165, 1.54) is 0 Å². The van der Waals surface area contributed by atoms with Crippen LogP contribution in [0.25, 0.3) is 0 Å². The highest BCUT2D eigenvalue weighted by atomic mass is 35.5. The number of nitrogens with one attached hydrogen (secondary N) is 1. The quantitative estimate of drug-likeness (QED) is 0.124. The molecule has 1 N–H and O–H groups in total. The number of nitrogens with zero attached hydrogens (tertiary/aromatic N) is 1. The minimum atomic E-state index is -1.32. The summed E-state index contributed by atoms with van der Waals surface area (Å²) < 4.78 is 5.31. The molecular formula is C35H34Cl2N2O5. The lowest BCUT2D eigenvalue weighted by Gasteiger charge is -2.54. The normalized spacial score (nSPS) is 25.4.